The Hall–Kier alpha value is -3.11. The first-order valence-corrected chi connectivity index (χ1v) is 12.8. The normalized spacial score (nSPS) is 13.9. The molecule has 0 saturated heterocycles. The van der Waals surface area contributed by atoms with Crippen LogP contribution in [0, 0.1) is 31.4 Å². The number of hydrogen-bond donors (Lipinski definition) is 2. The number of H-pyrrole nitrogens is 1. The lowest BCUT2D eigenvalue weighted by atomic mass is 9.97. The fraction of sp³-hybridized carbons (Fsp3) is 0.423. The molecule has 190 valence electrons. The molecule has 1 fully saturated rings. The number of nitrogens with one attached hydrogen (secondary N) is 1. The lowest BCUT2D eigenvalue weighted by molar-refractivity contribution is 0.275. The summed E-state index contributed by atoms with van der Waals surface area (Å²) in [5, 5.41) is 17.1. The minimum Gasteiger partial charge on any atom is -0.392 e. The van der Waals surface area contributed by atoms with Gasteiger partial charge >= 0.3 is 5.69 Å². The molecule has 10 heteroatoms. The number of aliphatic hydroxyl groups is 1. The number of fused-ring (bicyclic) bond motifs is 1. The Kier molecular flexibility index (Phi) is 6.20. The van der Waals surface area contributed by atoms with Crippen molar-refractivity contribution in [3.63, 3.8) is 0 Å². The first-order chi connectivity index (χ1) is 17.1. The first-order valence-electron chi connectivity index (χ1n) is 12.0. The molecule has 2 N–H and O–H groups in total. The Labute approximate surface area is 210 Å². The molecule has 3 aromatic heterocycles. The summed E-state index contributed by atoms with van der Waals surface area (Å²) >= 11 is 1.28. The van der Waals surface area contributed by atoms with E-state index in [1.165, 1.54) is 22.0 Å². The van der Waals surface area contributed by atoms with Crippen molar-refractivity contribution >= 4 is 21.6 Å². The van der Waals surface area contributed by atoms with Gasteiger partial charge in [0.15, 0.2) is 0 Å². The summed E-state index contributed by atoms with van der Waals surface area (Å²) in [6.45, 7) is 7.53. The number of hydrogen-bond acceptors (Lipinski definition) is 5. The molecule has 1 aromatic carbocycles. The number of aryl methyl sites for hydroxylation is 2. The summed E-state index contributed by atoms with van der Waals surface area (Å²) < 4.78 is 32.6. The smallest absolute Gasteiger partial charge is 0.332 e. The van der Waals surface area contributed by atoms with E-state index in [0.717, 1.165) is 35.9 Å². The number of aromatic nitrogens is 4. The highest BCUT2D eigenvalue weighted by atomic mass is 32.1. The maximum Gasteiger partial charge on any atom is 0.332 e. The largest absolute Gasteiger partial charge is 0.392 e. The molecule has 1 aliphatic carbocycles. The van der Waals surface area contributed by atoms with Crippen LogP contribution in [0.2, 0.25) is 0 Å². The third kappa shape index (κ3) is 4.02. The van der Waals surface area contributed by atoms with Gasteiger partial charge in [0.05, 0.1) is 17.7 Å². The van der Waals surface area contributed by atoms with E-state index in [1.54, 1.807) is 4.57 Å². The van der Waals surface area contributed by atoms with Crippen LogP contribution in [0.15, 0.2) is 21.7 Å². The Morgan fingerprint density at radius 2 is 1.92 bits per heavy atom. The van der Waals surface area contributed by atoms with E-state index < -0.39 is 23.8 Å². The van der Waals surface area contributed by atoms with Crippen molar-refractivity contribution in [2.24, 2.45) is 5.92 Å². The van der Waals surface area contributed by atoms with Crippen LogP contribution in [0.3, 0.4) is 0 Å². The van der Waals surface area contributed by atoms with Gasteiger partial charge in [-0.2, -0.15) is 5.10 Å². The van der Waals surface area contributed by atoms with Gasteiger partial charge in [0.1, 0.15) is 16.5 Å². The van der Waals surface area contributed by atoms with Gasteiger partial charge in [-0.05, 0) is 38.7 Å². The number of halogens is 2. The zero-order chi connectivity index (χ0) is 25.9. The minimum absolute atomic E-state index is 0.0368. The van der Waals surface area contributed by atoms with Gasteiger partial charge in [0.25, 0.3) is 5.56 Å². The highest BCUT2D eigenvalue weighted by Crippen LogP contribution is 2.41. The molecule has 0 bridgehead atoms. The SMILES string of the molecule is Cc1n[nH]c(C)c1Cc1sc2c(c1-c1cc(CO)c(F)cc1F)c(=O)n(C1CC1)c(=O)n2CC(C)C. The van der Waals surface area contributed by atoms with Crippen molar-refractivity contribution in [1.82, 2.24) is 19.3 Å². The predicted octanol–water partition coefficient (Wildman–Crippen LogP) is 4.58. The molecular weight excluding hydrogens is 486 g/mol. The third-order valence-electron chi connectivity index (χ3n) is 6.73. The van der Waals surface area contributed by atoms with Crippen molar-refractivity contribution in [3.8, 4) is 11.1 Å². The predicted molar refractivity (Wildman–Crippen MR) is 136 cm³/mol. The Bertz CT molecular complexity index is 1590. The van der Waals surface area contributed by atoms with Crippen LogP contribution in [0.1, 0.15) is 60.1 Å². The van der Waals surface area contributed by atoms with E-state index in [2.05, 4.69) is 10.2 Å². The average molecular weight is 515 g/mol. The van der Waals surface area contributed by atoms with E-state index in [0.29, 0.717) is 28.2 Å². The van der Waals surface area contributed by atoms with Gasteiger partial charge in [0.2, 0.25) is 0 Å². The molecular formula is C26H28F2N4O3S. The highest BCUT2D eigenvalue weighted by molar-refractivity contribution is 7.19. The summed E-state index contributed by atoms with van der Waals surface area (Å²) in [5.41, 5.74) is 2.05. The van der Waals surface area contributed by atoms with Crippen molar-refractivity contribution < 1.29 is 13.9 Å². The molecule has 1 saturated carbocycles. The first kappa shape index (κ1) is 24.6. The third-order valence-corrected chi connectivity index (χ3v) is 7.94. The molecule has 4 aromatic rings. The Morgan fingerprint density at radius 1 is 1.19 bits per heavy atom. The van der Waals surface area contributed by atoms with Gasteiger partial charge < -0.3 is 5.11 Å². The van der Waals surface area contributed by atoms with E-state index in [1.807, 2.05) is 27.7 Å². The lowest BCUT2D eigenvalue weighted by Gasteiger charge is -2.14. The van der Waals surface area contributed by atoms with Crippen LogP contribution in [-0.4, -0.2) is 24.4 Å². The number of rotatable bonds is 7. The van der Waals surface area contributed by atoms with E-state index >= 15 is 4.39 Å². The molecule has 7 nitrogen and oxygen atoms in total. The van der Waals surface area contributed by atoms with E-state index in [4.69, 9.17) is 0 Å². The maximum absolute atomic E-state index is 15.4. The summed E-state index contributed by atoms with van der Waals surface area (Å²) in [7, 11) is 0. The quantitative estimate of drug-likeness (QED) is 0.378. The van der Waals surface area contributed by atoms with Crippen LogP contribution in [0.4, 0.5) is 8.78 Å². The van der Waals surface area contributed by atoms with Crippen LogP contribution < -0.4 is 11.2 Å². The molecule has 0 atom stereocenters. The lowest BCUT2D eigenvalue weighted by Crippen LogP contribution is -2.40. The molecule has 3 heterocycles. The second-order valence-electron chi connectivity index (χ2n) is 9.94. The Balaban J connectivity index is 1.91. The van der Waals surface area contributed by atoms with Gasteiger partial charge in [-0.3, -0.25) is 19.0 Å². The van der Waals surface area contributed by atoms with Gasteiger partial charge in [0, 0.05) is 57.9 Å². The van der Waals surface area contributed by atoms with Crippen LogP contribution in [-0.2, 0) is 19.6 Å². The number of thiophene rings is 1. The van der Waals surface area contributed by atoms with Gasteiger partial charge in [-0.15, -0.1) is 11.3 Å². The zero-order valence-electron chi connectivity index (χ0n) is 20.6. The number of benzene rings is 1. The topological polar surface area (TPSA) is 92.9 Å². The molecule has 0 amide bonds. The fourth-order valence-corrected chi connectivity index (χ4v) is 6.09. The summed E-state index contributed by atoms with van der Waals surface area (Å²) in [4.78, 5) is 28.5. The van der Waals surface area contributed by atoms with E-state index in [9.17, 15) is 19.1 Å². The molecule has 0 radical (unpaired) electrons. The van der Waals surface area contributed by atoms with Crippen molar-refractivity contribution in [2.75, 3.05) is 0 Å². The number of aromatic amines is 1. The molecule has 0 spiro atoms. The monoisotopic (exact) mass is 514 g/mol. The van der Waals surface area contributed by atoms with Crippen LogP contribution >= 0.6 is 11.3 Å². The number of aliphatic hydroxyl groups excluding tert-OH is 1. The van der Waals surface area contributed by atoms with Crippen molar-refractivity contribution in [1.29, 1.82) is 0 Å². The molecule has 5 rings (SSSR count). The zero-order valence-corrected chi connectivity index (χ0v) is 21.4. The Morgan fingerprint density at radius 3 is 2.50 bits per heavy atom. The maximum atomic E-state index is 15.4. The standard InChI is InChI=1S/C26H28F2N4O3S/c1-12(2)10-31-25-23(24(34)32(26(31)35)16-5-6-16)22(18-7-15(11-33)19(27)9-20(18)28)21(36-25)8-17-13(3)29-30-14(17)4/h7,9,12,16,33H,5-6,8,10-11H2,1-4H3,(H,29,30). The molecule has 0 aliphatic heterocycles. The summed E-state index contributed by atoms with van der Waals surface area (Å²) in [6.07, 6.45) is 1.83. The average Bonchev–Trinajstić information content (AvgIpc) is 3.51. The van der Waals surface area contributed by atoms with Crippen molar-refractivity contribution in [3.05, 3.63) is 72.0 Å². The van der Waals surface area contributed by atoms with Crippen molar-refractivity contribution in [2.45, 2.75) is 66.2 Å². The summed E-state index contributed by atoms with van der Waals surface area (Å²) in [5.74, 6) is -1.55. The fourth-order valence-electron chi connectivity index (χ4n) is 4.77. The van der Waals surface area contributed by atoms with Crippen LogP contribution in [0.5, 0.6) is 0 Å². The van der Waals surface area contributed by atoms with Gasteiger partial charge in [-0.1, -0.05) is 13.8 Å². The molecule has 1 aliphatic rings. The second kappa shape index (κ2) is 9.08. The van der Waals surface area contributed by atoms with Crippen LogP contribution in [0.25, 0.3) is 21.3 Å². The molecule has 0 unspecified atom stereocenters. The van der Waals surface area contributed by atoms with E-state index in [-0.39, 0.29) is 34.2 Å². The van der Waals surface area contributed by atoms with Gasteiger partial charge in [-0.25, -0.2) is 13.6 Å². The molecule has 36 heavy (non-hydrogen) atoms. The summed E-state index contributed by atoms with van der Waals surface area (Å²) in [6, 6.07) is 1.84. The number of nitrogens with zero attached hydrogens (tertiary/aromatic N) is 3. The second-order valence-corrected chi connectivity index (χ2v) is 11.0. The highest BCUT2D eigenvalue weighted by Gasteiger charge is 2.32. The minimum atomic E-state index is -0.853.